The van der Waals surface area contributed by atoms with Gasteiger partial charge in [0.2, 0.25) is 0 Å². The van der Waals surface area contributed by atoms with E-state index in [-0.39, 0.29) is 0 Å². The van der Waals surface area contributed by atoms with Gasteiger partial charge in [-0.1, -0.05) is 13.8 Å². The first kappa shape index (κ1) is 10.2. The van der Waals surface area contributed by atoms with Crippen molar-refractivity contribution in [1.82, 2.24) is 0 Å². The van der Waals surface area contributed by atoms with Crippen molar-refractivity contribution >= 4 is 8.03 Å². The Balaban J connectivity index is 3.65. The smallest absolute Gasteiger partial charge is 0.194 e. The van der Waals surface area contributed by atoms with Gasteiger partial charge in [0.1, 0.15) is 0 Å². The molecule has 0 heterocycles. The van der Waals surface area contributed by atoms with Crippen molar-refractivity contribution in [2.45, 2.75) is 39.3 Å². The monoisotopic (exact) mass is 164 g/mol. The maximum atomic E-state index is 11.2. The van der Waals surface area contributed by atoms with Gasteiger partial charge in [0.25, 0.3) is 0 Å². The van der Waals surface area contributed by atoms with Crippen LogP contribution in [-0.2, 0) is 9.09 Å². The van der Waals surface area contributed by atoms with E-state index in [0.717, 1.165) is 12.8 Å². The average Bonchev–Trinajstić information content (AvgIpc) is 1.91. The lowest BCUT2D eigenvalue weighted by atomic mass is 10.3. The molecular weight excluding hydrogens is 147 g/mol. The molecule has 0 aromatic heterocycles. The third kappa shape index (κ3) is 3.38. The second-order valence-electron chi connectivity index (χ2n) is 2.27. The quantitative estimate of drug-likeness (QED) is 0.584. The topological polar surface area (TPSA) is 26.3 Å². The summed E-state index contributed by atoms with van der Waals surface area (Å²) in [6.45, 7) is 6.56. The molecule has 2 nitrogen and oxygen atoms in total. The second-order valence-corrected chi connectivity index (χ2v) is 4.01. The molecule has 0 aliphatic rings. The van der Waals surface area contributed by atoms with E-state index in [1.165, 1.54) is 0 Å². The molecule has 3 heteroatoms. The van der Waals surface area contributed by atoms with Crippen molar-refractivity contribution in [3.05, 3.63) is 0 Å². The Morgan fingerprint density at radius 2 is 1.80 bits per heavy atom. The van der Waals surface area contributed by atoms with Gasteiger partial charge in [0.05, 0.1) is 6.61 Å². The minimum absolute atomic E-state index is 0.296. The van der Waals surface area contributed by atoms with Gasteiger partial charge < -0.3 is 4.52 Å². The summed E-state index contributed by atoms with van der Waals surface area (Å²) in [6, 6.07) is 0. The lowest BCUT2D eigenvalue weighted by Gasteiger charge is -2.10. The van der Waals surface area contributed by atoms with E-state index in [2.05, 4.69) is 13.8 Å². The summed E-state index contributed by atoms with van der Waals surface area (Å²) < 4.78 is 16.2. The Labute approximate surface area is 63.8 Å². The maximum absolute atomic E-state index is 11.2. The van der Waals surface area contributed by atoms with E-state index in [1.54, 1.807) is 0 Å². The molecule has 0 saturated heterocycles. The van der Waals surface area contributed by atoms with Crippen LogP contribution in [0.2, 0.25) is 0 Å². The summed E-state index contributed by atoms with van der Waals surface area (Å²) >= 11 is 0. The van der Waals surface area contributed by atoms with Crippen LogP contribution in [0.15, 0.2) is 0 Å². The molecule has 0 aromatic rings. The Morgan fingerprint density at radius 1 is 1.30 bits per heavy atom. The standard InChI is InChI=1S/C7H17O2P/c1-4-7(5-2)10(8)9-6-3/h7,10H,4-6H2,1-3H3. The van der Waals surface area contributed by atoms with Gasteiger partial charge in [-0.15, -0.1) is 0 Å². The summed E-state index contributed by atoms with van der Waals surface area (Å²) in [4.78, 5) is 0. The van der Waals surface area contributed by atoms with Crippen LogP contribution in [0, 0.1) is 0 Å². The fraction of sp³-hybridized carbons (Fsp3) is 1.00. The summed E-state index contributed by atoms with van der Waals surface area (Å²) in [5.41, 5.74) is 0.296. The van der Waals surface area contributed by atoms with Crippen LogP contribution in [0.3, 0.4) is 0 Å². The average molecular weight is 164 g/mol. The van der Waals surface area contributed by atoms with E-state index >= 15 is 0 Å². The Kier molecular flexibility index (Phi) is 6.05. The van der Waals surface area contributed by atoms with Crippen LogP contribution in [0.4, 0.5) is 0 Å². The maximum Gasteiger partial charge on any atom is 0.194 e. The molecule has 0 radical (unpaired) electrons. The fourth-order valence-electron chi connectivity index (χ4n) is 0.882. The Morgan fingerprint density at radius 3 is 2.10 bits per heavy atom. The van der Waals surface area contributed by atoms with E-state index in [4.69, 9.17) is 4.52 Å². The summed E-state index contributed by atoms with van der Waals surface area (Å²) in [6.07, 6.45) is 1.93. The molecule has 0 bridgehead atoms. The Hall–Kier alpha value is 0.190. The van der Waals surface area contributed by atoms with Gasteiger partial charge >= 0.3 is 0 Å². The largest absolute Gasteiger partial charge is 0.331 e. The molecule has 1 atom stereocenters. The highest BCUT2D eigenvalue weighted by molar-refractivity contribution is 7.40. The SMILES string of the molecule is CCO[PH](=O)C(CC)CC. The van der Waals surface area contributed by atoms with Crippen LogP contribution >= 0.6 is 8.03 Å². The van der Waals surface area contributed by atoms with Crippen LogP contribution in [0.25, 0.3) is 0 Å². The van der Waals surface area contributed by atoms with Gasteiger partial charge in [0, 0.05) is 5.66 Å². The molecule has 0 spiro atoms. The van der Waals surface area contributed by atoms with Crippen molar-refractivity contribution in [3.8, 4) is 0 Å². The van der Waals surface area contributed by atoms with E-state index in [0.29, 0.717) is 12.3 Å². The molecule has 1 unspecified atom stereocenters. The van der Waals surface area contributed by atoms with Crippen molar-refractivity contribution < 1.29 is 9.09 Å². The number of hydrogen-bond donors (Lipinski definition) is 0. The first-order chi connectivity index (χ1) is 4.76. The van der Waals surface area contributed by atoms with Crippen molar-refractivity contribution in [2.24, 2.45) is 0 Å². The van der Waals surface area contributed by atoms with Gasteiger partial charge in [-0.3, -0.25) is 4.57 Å². The number of hydrogen-bond acceptors (Lipinski definition) is 2. The minimum Gasteiger partial charge on any atom is -0.331 e. The molecule has 10 heavy (non-hydrogen) atoms. The highest BCUT2D eigenvalue weighted by atomic mass is 31.1. The molecule has 62 valence electrons. The summed E-state index contributed by atoms with van der Waals surface area (Å²) in [7, 11) is -1.73. The third-order valence-electron chi connectivity index (χ3n) is 1.61. The van der Waals surface area contributed by atoms with Crippen molar-refractivity contribution in [3.63, 3.8) is 0 Å². The van der Waals surface area contributed by atoms with E-state index in [9.17, 15) is 4.57 Å². The van der Waals surface area contributed by atoms with Crippen LogP contribution in [0.1, 0.15) is 33.6 Å². The number of rotatable bonds is 5. The molecule has 0 aliphatic heterocycles. The van der Waals surface area contributed by atoms with Crippen molar-refractivity contribution in [2.75, 3.05) is 6.61 Å². The van der Waals surface area contributed by atoms with Gasteiger partial charge in [-0.25, -0.2) is 0 Å². The highest BCUT2D eigenvalue weighted by Gasteiger charge is 2.10. The molecule has 0 rings (SSSR count). The summed E-state index contributed by atoms with van der Waals surface area (Å²) in [5.74, 6) is 0. The zero-order valence-electron chi connectivity index (χ0n) is 7.02. The van der Waals surface area contributed by atoms with Gasteiger partial charge in [-0.2, -0.15) is 0 Å². The predicted molar refractivity (Wildman–Crippen MR) is 45.0 cm³/mol. The first-order valence-electron chi connectivity index (χ1n) is 3.92. The zero-order valence-corrected chi connectivity index (χ0v) is 8.02. The van der Waals surface area contributed by atoms with Crippen LogP contribution < -0.4 is 0 Å². The molecule has 0 aromatic carbocycles. The van der Waals surface area contributed by atoms with Crippen LogP contribution in [0.5, 0.6) is 0 Å². The molecule has 0 fully saturated rings. The lowest BCUT2D eigenvalue weighted by molar-refractivity contribution is 0.341. The molecule has 0 saturated carbocycles. The molecule has 0 aliphatic carbocycles. The molecule has 0 amide bonds. The van der Waals surface area contributed by atoms with E-state index < -0.39 is 8.03 Å². The minimum atomic E-state index is -1.73. The molecular formula is C7H17O2P. The van der Waals surface area contributed by atoms with Gasteiger partial charge in [0.15, 0.2) is 8.03 Å². The van der Waals surface area contributed by atoms with Gasteiger partial charge in [-0.05, 0) is 19.8 Å². The predicted octanol–water partition coefficient (Wildman–Crippen LogP) is 2.69. The Bertz CT molecular complexity index is 99.8. The highest BCUT2D eigenvalue weighted by Crippen LogP contribution is 2.33. The van der Waals surface area contributed by atoms with E-state index in [1.807, 2.05) is 6.92 Å². The zero-order chi connectivity index (χ0) is 7.98. The summed E-state index contributed by atoms with van der Waals surface area (Å²) in [5, 5.41) is 0. The van der Waals surface area contributed by atoms with Crippen LogP contribution in [-0.4, -0.2) is 12.3 Å². The lowest BCUT2D eigenvalue weighted by Crippen LogP contribution is -1.99. The fourth-order valence-corrected chi connectivity index (χ4v) is 2.07. The third-order valence-corrected chi connectivity index (χ3v) is 3.66. The molecule has 0 N–H and O–H groups in total. The normalized spacial score (nSPS) is 14.0. The van der Waals surface area contributed by atoms with Crippen molar-refractivity contribution in [1.29, 1.82) is 0 Å². The first-order valence-corrected chi connectivity index (χ1v) is 5.32. The second kappa shape index (κ2) is 5.94.